The molecule has 1 aliphatic rings. The summed E-state index contributed by atoms with van der Waals surface area (Å²) in [5.41, 5.74) is 0.854. The van der Waals surface area contributed by atoms with E-state index >= 15 is 0 Å². The summed E-state index contributed by atoms with van der Waals surface area (Å²) in [7, 11) is 3.66. The fourth-order valence-electron chi connectivity index (χ4n) is 1.78. The van der Waals surface area contributed by atoms with Gasteiger partial charge in [-0.3, -0.25) is 4.90 Å². The van der Waals surface area contributed by atoms with Crippen LogP contribution in [0.15, 0.2) is 11.9 Å². The Morgan fingerprint density at radius 1 is 1.57 bits per heavy atom. The maximum absolute atomic E-state index is 12.4. The minimum absolute atomic E-state index is 0.0690. The second-order valence-corrected chi connectivity index (χ2v) is 3.30. The number of likely N-dealkylation sites (N-methyl/N-ethyl adjacent to an activating group) is 1. The van der Waals surface area contributed by atoms with E-state index in [1.165, 1.54) is 0 Å². The summed E-state index contributed by atoms with van der Waals surface area (Å²) in [6, 6.07) is 0.125. The van der Waals surface area contributed by atoms with E-state index in [0.717, 1.165) is 24.9 Å². The number of halogens is 1. The molecular formula is C11H22FNO. The number of nitrogens with zero attached hydrogens (tertiary/aromatic N) is 1. The van der Waals surface area contributed by atoms with Gasteiger partial charge in [-0.2, -0.15) is 0 Å². The van der Waals surface area contributed by atoms with Gasteiger partial charge in [-0.25, -0.2) is 4.39 Å². The lowest BCUT2D eigenvalue weighted by atomic mass is 10.1. The van der Waals surface area contributed by atoms with Crippen molar-refractivity contribution in [3.8, 4) is 0 Å². The Kier molecular flexibility index (Phi) is 6.75. The lowest BCUT2D eigenvalue weighted by Gasteiger charge is -2.25. The SMILES string of the molecule is CC.COC(C)C1/C(=C\F)CCN1C. The van der Waals surface area contributed by atoms with Gasteiger partial charge in [0.1, 0.15) is 0 Å². The summed E-state index contributed by atoms with van der Waals surface area (Å²) in [4.78, 5) is 2.12. The third-order valence-electron chi connectivity index (χ3n) is 2.56. The van der Waals surface area contributed by atoms with Gasteiger partial charge in [0.05, 0.1) is 18.5 Å². The highest BCUT2D eigenvalue weighted by atomic mass is 19.1. The molecule has 0 aliphatic carbocycles. The zero-order valence-corrected chi connectivity index (χ0v) is 9.88. The van der Waals surface area contributed by atoms with E-state index in [1.54, 1.807) is 7.11 Å². The van der Waals surface area contributed by atoms with Gasteiger partial charge in [0.25, 0.3) is 0 Å². The molecule has 84 valence electrons. The normalized spacial score (nSPS) is 27.3. The summed E-state index contributed by atoms with van der Waals surface area (Å²) >= 11 is 0. The van der Waals surface area contributed by atoms with Crippen LogP contribution in [0.2, 0.25) is 0 Å². The number of rotatable bonds is 2. The molecule has 0 aromatic rings. The van der Waals surface area contributed by atoms with Gasteiger partial charge < -0.3 is 4.74 Å². The Morgan fingerprint density at radius 3 is 2.57 bits per heavy atom. The minimum Gasteiger partial charge on any atom is -0.380 e. The van der Waals surface area contributed by atoms with E-state index in [1.807, 2.05) is 27.8 Å². The molecule has 3 heteroatoms. The molecule has 1 heterocycles. The maximum atomic E-state index is 12.4. The number of hydrogen-bond donors (Lipinski definition) is 0. The molecule has 0 spiro atoms. The van der Waals surface area contributed by atoms with Crippen molar-refractivity contribution in [2.24, 2.45) is 0 Å². The molecule has 14 heavy (non-hydrogen) atoms. The molecule has 2 atom stereocenters. The standard InChI is InChI=1S/C9H16FNO.C2H6/c1-7(12-3)9-8(6-10)4-5-11(9)2;1-2/h6-7,9H,4-5H2,1-3H3;1-2H3/b8-6-;. The monoisotopic (exact) mass is 203 g/mol. The second kappa shape index (κ2) is 6.96. The zero-order chi connectivity index (χ0) is 11.1. The van der Waals surface area contributed by atoms with Crippen molar-refractivity contribution in [1.82, 2.24) is 4.90 Å². The van der Waals surface area contributed by atoms with Crippen molar-refractivity contribution < 1.29 is 9.13 Å². The first-order valence-electron chi connectivity index (χ1n) is 5.23. The van der Waals surface area contributed by atoms with Gasteiger partial charge in [-0.05, 0) is 26.0 Å². The first-order valence-corrected chi connectivity index (χ1v) is 5.23. The number of hydrogen-bond acceptors (Lipinski definition) is 2. The predicted molar refractivity (Wildman–Crippen MR) is 58.0 cm³/mol. The van der Waals surface area contributed by atoms with Crippen LogP contribution in [0.4, 0.5) is 4.39 Å². The molecular weight excluding hydrogens is 181 g/mol. The minimum atomic E-state index is 0.0690. The Hall–Kier alpha value is -0.410. The molecule has 0 N–H and O–H groups in total. The van der Waals surface area contributed by atoms with Crippen LogP contribution in [-0.4, -0.2) is 37.7 Å². The van der Waals surface area contributed by atoms with Crippen LogP contribution in [0.25, 0.3) is 0 Å². The average molecular weight is 203 g/mol. The summed E-state index contributed by atoms with van der Waals surface area (Å²) < 4.78 is 17.6. The Labute approximate surface area is 86.7 Å². The molecule has 0 aromatic carbocycles. The number of ether oxygens (including phenoxy) is 1. The van der Waals surface area contributed by atoms with E-state index < -0.39 is 0 Å². The fourth-order valence-corrected chi connectivity index (χ4v) is 1.78. The smallest absolute Gasteiger partial charge is 0.0876 e. The molecule has 0 aromatic heterocycles. The molecule has 1 saturated heterocycles. The summed E-state index contributed by atoms with van der Waals surface area (Å²) in [5.74, 6) is 0. The molecule has 0 radical (unpaired) electrons. The van der Waals surface area contributed by atoms with Gasteiger partial charge in [0, 0.05) is 13.7 Å². The van der Waals surface area contributed by atoms with Gasteiger partial charge in [-0.1, -0.05) is 13.8 Å². The van der Waals surface area contributed by atoms with Crippen molar-refractivity contribution in [1.29, 1.82) is 0 Å². The van der Waals surface area contributed by atoms with Crippen LogP contribution in [0, 0.1) is 0 Å². The van der Waals surface area contributed by atoms with Gasteiger partial charge >= 0.3 is 0 Å². The molecule has 0 amide bonds. The van der Waals surface area contributed by atoms with Crippen molar-refractivity contribution in [2.45, 2.75) is 39.3 Å². The van der Waals surface area contributed by atoms with E-state index in [4.69, 9.17) is 4.74 Å². The van der Waals surface area contributed by atoms with Crippen molar-refractivity contribution >= 4 is 0 Å². The largest absolute Gasteiger partial charge is 0.380 e. The molecule has 0 saturated carbocycles. The van der Waals surface area contributed by atoms with Crippen LogP contribution < -0.4 is 0 Å². The molecule has 2 nitrogen and oxygen atoms in total. The van der Waals surface area contributed by atoms with E-state index in [0.29, 0.717) is 0 Å². The quantitative estimate of drug-likeness (QED) is 0.684. The summed E-state index contributed by atoms with van der Waals surface area (Å²) in [6.07, 6.45) is 1.62. The number of methoxy groups -OCH3 is 1. The Bertz CT molecular complexity index is 182. The van der Waals surface area contributed by atoms with Gasteiger partial charge in [0.2, 0.25) is 0 Å². The van der Waals surface area contributed by atoms with Crippen LogP contribution in [0.5, 0.6) is 0 Å². The Balaban J connectivity index is 0.000000791. The van der Waals surface area contributed by atoms with Crippen molar-refractivity contribution in [3.05, 3.63) is 11.9 Å². The molecule has 2 unspecified atom stereocenters. The van der Waals surface area contributed by atoms with Crippen molar-refractivity contribution in [3.63, 3.8) is 0 Å². The fraction of sp³-hybridized carbons (Fsp3) is 0.818. The number of likely N-dealkylation sites (tertiary alicyclic amines) is 1. The summed E-state index contributed by atoms with van der Waals surface area (Å²) in [6.45, 7) is 6.89. The predicted octanol–water partition coefficient (Wildman–Crippen LogP) is 2.61. The zero-order valence-electron chi connectivity index (χ0n) is 9.88. The van der Waals surface area contributed by atoms with E-state index in [-0.39, 0.29) is 12.1 Å². The third kappa shape index (κ3) is 3.07. The third-order valence-corrected chi connectivity index (χ3v) is 2.56. The molecule has 0 bridgehead atoms. The van der Waals surface area contributed by atoms with Crippen LogP contribution in [0.3, 0.4) is 0 Å². The lowest BCUT2D eigenvalue weighted by Crippen LogP contribution is -2.36. The van der Waals surface area contributed by atoms with E-state index in [2.05, 4.69) is 4.90 Å². The highest BCUT2D eigenvalue weighted by Gasteiger charge is 2.30. The van der Waals surface area contributed by atoms with E-state index in [9.17, 15) is 4.39 Å². The first-order chi connectivity index (χ1) is 6.70. The second-order valence-electron chi connectivity index (χ2n) is 3.30. The highest BCUT2D eigenvalue weighted by molar-refractivity contribution is 5.15. The maximum Gasteiger partial charge on any atom is 0.0876 e. The Morgan fingerprint density at radius 2 is 2.14 bits per heavy atom. The first kappa shape index (κ1) is 13.6. The molecule has 1 fully saturated rings. The highest BCUT2D eigenvalue weighted by Crippen LogP contribution is 2.25. The lowest BCUT2D eigenvalue weighted by molar-refractivity contribution is 0.0641. The van der Waals surface area contributed by atoms with Crippen molar-refractivity contribution in [2.75, 3.05) is 20.7 Å². The average Bonchev–Trinajstić information content (AvgIpc) is 2.61. The van der Waals surface area contributed by atoms with Crippen LogP contribution >= 0.6 is 0 Å². The van der Waals surface area contributed by atoms with Gasteiger partial charge in [-0.15, -0.1) is 0 Å². The van der Waals surface area contributed by atoms with Crippen LogP contribution in [-0.2, 0) is 4.74 Å². The molecule has 1 rings (SSSR count). The summed E-state index contributed by atoms with van der Waals surface area (Å²) in [5, 5.41) is 0. The topological polar surface area (TPSA) is 12.5 Å². The van der Waals surface area contributed by atoms with Crippen LogP contribution in [0.1, 0.15) is 27.2 Å². The van der Waals surface area contributed by atoms with Gasteiger partial charge in [0.15, 0.2) is 0 Å². The molecule has 1 aliphatic heterocycles.